The molecule has 0 radical (unpaired) electrons. The Bertz CT molecular complexity index is 2800. The maximum absolute atomic E-state index is 5.41. The molecule has 62 heavy (non-hydrogen) atoms. The zero-order valence-corrected chi connectivity index (χ0v) is 35.2. The molecule has 0 bridgehead atoms. The molecule has 3 aromatic heterocycles. The predicted octanol–water partition coefficient (Wildman–Crippen LogP) is 14.2. The van der Waals surface area contributed by atoms with Crippen molar-refractivity contribution in [1.29, 1.82) is 0 Å². The van der Waals surface area contributed by atoms with Crippen LogP contribution in [0.4, 0.5) is 34.4 Å². The Morgan fingerprint density at radius 1 is 0.339 bits per heavy atom. The molecular formula is C56H44N6. The van der Waals surface area contributed by atoms with Crippen LogP contribution in [0.3, 0.4) is 0 Å². The van der Waals surface area contributed by atoms with Crippen LogP contribution in [0.2, 0.25) is 0 Å². The Hall–Kier alpha value is -7.70. The molecule has 0 spiro atoms. The molecule has 0 N–H and O–H groups in total. The zero-order chi connectivity index (χ0) is 42.0. The molecule has 298 valence electrons. The van der Waals surface area contributed by atoms with Crippen LogP contribution >= 0.6 is 0 Å². The quantitative estimate of drug-likeness (QED) is 0.167. The molecule has 0 saturated heterocycles. The van der Waals surface area contributed by atoms with Crippen LogP contribution in [0.5, 0.6) is 0 Å². The van der Waals surface area contributed by atoms with E-state index in [0.717, 1.165) is 73.5 Å². The lowest BCUT2D eigenvalue weighted by Crippen LogP contribution is -2.35. The average molecular weight is 801 g/mol. The van der Waals surface area contributed by atoms with Crippen LogP contribution in [0.25, 0.3) is 45.0 Å². The van der Waals surface area contributed by atoms with Crippen molar-refractivity contribution in [2.75, 3.05) is 9.80 Å². The van der Waals surface area contributed by atoms with Gasteiger partial charge in [-0.05, 0) is 95.1 Å². The lowest BCUT2D eigenvalue weighted by Gasteiger charge is -2.46. The van der Waals surface area contributed by atoms with Crippen LogP contribution in [-0.2, 0) is 10.8 Å². The minimum absolute atomic E-state index is 0.366. The molecule has 0 saturated carbocycles. The molecule has 0 fully saturated rings. The number of benzene rings is 6. The topological polar surface area (TPSA) is 58.0 Å². The molecule has 11 rings (SSSR count). The molecule has 6 heteroatoms. The van der Waals surface area contributed by atoms with Gasteiger partial charge < -0.3 is 4.90 Å². The first kappa shape index (κ1) is 37.3. The van der Waals surface area contributed by atoms with Crippen LogP contribution in [-0.4, -0.2) is 19.9 Å². The van der Waals surface area contributed by atoms with Gasteiger partial charge in [0, 0.05) is 51.2 Å². The summed E-state index contributed by atoms with van der Waals surface area (Å²) >= 11 is 0. The molecule has 0 atom stereocenters. The molecule has 2 aliphatic rings. The number of anilines is 6. The Kier molecular flexibility index (Phi) is 8.72. The SMILES string of the molecule is CC1(C)c2ccccc2N(c2cc(-c3ccccn3)cc(-c3ccccn3)c2)c2cc3c(cc21)N(c1nc(-c2ccccc2)cc(-c2ccccc2)n1)c1ccccc1C3(C)C. The third-order valence-corrected chi connectivity index (χ3v) is 12.7. The van der Waals surface area contributed by atoms with Gasteiger partial charge in [-0.3, -0.25) is 14.9 Å². The van der Waals surface area contributed by atoms with E-state index in [9.17, 15) is 0 Å². The first-order chi connectivity index (χ1) is 30.3. The molecule has 6 aromatic carbocycles. The fourth-order valence-electron chi connectivity index (χ4n) is 9.54. The summed E-state index contributed by atoms with van der Waals surface area (Å²) in [6.07, 6.45) is 3.72. The van der Waals surface area contributed by atoms with Gasteiger partial charge in [-0.15, -0.1) is 0 Å². The third kappa shape index (κ3) is 6.09. The normalized spacial score (nSPS) is 14.3. The number of rotatable bonds is 6. The molecule has 9 aromatic rings. The maximum Gasteiger partial charge on any atom is 0.235 e. The van der Waals surface area contributed by atoms with Gasteiger partial charge in [0.25, 0.3) is 0 Å². The van der Waals surface area contributed by atoms with Crippen molar-refractivity contribution in [2.24, 2.45) is 0 Å². The summed E-state index contributed by atoms with van der Waals surface area (Å²) in [5.41, 5.74) is 17.2. The lowest BCUT2D eigenvalue weighted by molar-refractivity contribution is 0.614. The minimum atomic E-state index is -0.377. The van der Waals surface area contributed by atoms with Gasteiger partial charge >= 0.3 is 0 Å². The van der Waals surface area contributed by atoms with Gasteiger partial charge in [0.15, 0.2) is 0 Å². The van der Waals surface area contributed by atoms with Gasteiger partial charge in [0.2, 0.25) is 5.95 Å². The Morgan fingerprint density at radius 2 is 0.774 bits per heavy atom. The van der Waals surface area contributed by atoms with Crippen molar-refractivity contribution in [3.8, 4) is 45.0 Å². The smallest absolute Gasteiger partial charge is 0.235 e. The average Bonchev–Trinajstić information content (AvgIpc) is 3.32. The first-order valence-electron chi connectivity index (χ1n) is 21.2. The summed E-state index contributed by atoms with van der Waals surface area (Å²) in [4.78, 5) is 25.2. The van der Waals surface area contributed by atoms with Crippen LogP contribution in [0.15, 0.2) is 194 Å². The van der Waals surface area contributed by atoms with E-state index in [4.69, 9.17) is 19.9 Å². The van der Waals surface area contributed by atoms with E-state index in [1.807, 2.05) is 48.8 Å². The largest absolute Gasteiger partial charge is 0.310 e. The Balaban J connectivity index is 1.19. The predicted molar refractivity (Wildman–Crippen MR) is 253 cm³/mol. The molecular weight excluding hydrogens is 757 g/mol. The number of para-hydroxylation sites is 2. The number of nitrogens with zero attached hydrogens (tertiary/aromatic N) is 6. The Morgan fingerprint density at radius 3 is 1.26 bits per heavy atom. The highest BCUT2D eigenvalue weighted by Gasteiger charge is 2.43. The summed E-state index contributed by atoms with van der Waals surface area (Å²) in [7, 11) is 0. The lowest BCUT2D eigenvalue weighted by atomic mass is 9.69. The maximum atomic E-state index is 5.41. The number of fused-ring (bicyclic) bond motifs is 4. The fourth-order valence-corrected chi connectivity index (χ4v) is 9.54. The summed E-state index contributed by atoms with van der Waals surface area (Å²) < 4.78 is 0. The molecule has 0 amide bonds. The van der Waals surface area contributed by atoms with Gasteiger partial charge in [0.05, 0.1) is 45.5 Å². The van der Waals surface area contributed by atoms with Crippen LogP contribution in [0, 0.1) is 0 Å². The van der Waals surface area contributed by atoms with Crippen molar-refractivity contribution in [1.82, 2.24) is 19.9 Å². The van der Waals surface area contributed by atoms with Crippen LogP contribution < -0.4 is 9.80 Å². The van der Waals surface area contributed by atoms with E-state index in [2.05, 4.69) is 183 Å². The fraction of sp³-hybridized carbons (Fsp3) is 0.107. The standard InChI is InChI=1S/C56H44N6/c1-55(2)42-23-11-13-27-50(42)61(41-32-39(46-25-15-17-29-57-46)31-40(33-41)47-26-16-18-30-58-47)52-34-45-53(35-44(52)55)62(51-28-14-12-24-43(51)56(45,3)4)54-59-48(37-19-7-5-8-20-37)36-49(60-54)38-21-9-6-10-22-38/h5-36H,1-4H3. The molecule has 6 nitrogen and oxygen atoms in total. The second kappa shape index (κ2) is 14.5. The van der Waals surface area contributed by atoms with Crippen molar-refractivity contribution >= 4 is 34.4 Å². The van der Waals surface area contributed by atoms with E-state index in [0.29, 0.717) is 5.95 Å². The van der Waals surface area contributed by atoms with E-state index >= 15 is 0 Å². The molecule has 5 heterocycles. The summed E-state index contributed by atoms with van der Waals surface area (Å²) in [5.74, 6) is 0.628. The van der Waals surface area contributed by atoms with Crippen molar-refractivity contribution in [3.63, 3.8) is 0 Å². The third-order valence-electron chi connectivity index (χ3n) is 12.7. The van der Waals surface area contributed by atoms with E-state index in [-0.39, 0.29) is 10.8 Å². The zero-order valence-electron chi connectivity index (χ0n) is 35.2. The number of pyridine rings is 2. The highest BCUT2D eigenvalue weighted by Crippen LogP contribution is 2.59. The summed E-state index contributed by atoms with van der Waals surface area (Å²) in [6.45, 7) is 9.39. The summed E-state index contributed by atoms with van der Waals surface area (Å²) in [6, 6.07) is 64.3. The van der Waals surface area contributed by atoms with Crippen molar-refractivity contribution in [2.45, 2.75) is 38.5 Å². The van der Waals surface area contributed by atoms with E-state index in [1.165, 1.54) is 22.3 Å². The first-order valence-corrected chi connectivity index (χ1v) is 21.2. The van der Waals surface area contributed by atoms with E-state index < -0.39 is 0 Å². The molecule has 0 unspecified atom stereocenters. The van der Waals surface area contributed by atoms with Gasteiger partial charge in [-0.25, -0.2) is 9.97 Å². The number of aromatic nitrogens is 4. The van der Waals surface area contributed by atoms with Crippen molar-refractivity contribution < 1.29 is 0 Å². The van der Waals surface area contributed by atoms with Gasteiger partial charge in [0.1, 0.15) is 0 Å². The summed E-state index contributed by atoms with van der Waals surface area (Å²) in [5, 5.41) is 0. The van der Waals surface area contributed by atoms with Crippen LogP contribution in [0.1, 0.15) is 49.9 Å². The minimum Gasteiger partial charge on any atom is -0.310 e. The second-order valence-corrected chi connectivity index (χ2v) is 17.2. The highest BCUT2D eigenvalue weighted by molar-refractivity contribution is 5.94. The highest BCUT2D eigenvalue weighted by atomic mass is 15.3. The number of hydrogen-bond acceptors (Lipinski definition) is 6. The molecule has 2 aliphatic heterocycles. The van der Waals surface area contributed by atoms with Gasteiger partial charge in [-0.2, -0.15) is 0 Å². The van der Waals surface area contributed by atoms with Crippen molar-refractivity contribution in [3.05, 3.63) is 217 Å². The Labute approximate surface area is 362 Å². The van der Waals surface area contributed by atoms with Gasteiger partial charge in [-0.1, -0.05) is 137 Å². The molecule has 0 aliphatic carbocycles. The number of hydrogen-bond donors (Lipinski definition) is 0. The van der Waals surface area contributed by atoms with E-state index in [1.54, 1.807) is 0 Å². The second-order valence-electron chi connectivity index (χ2n) is 17.2. The monoisotopic (exact) mass is 800 g/mol.